The summed E-state index contributed by atoms with van der Waals surface area (Å²) in [7, 11) is 0. The number of hydrogen-bond acceptors (Lipinski definition) is 5. The van der Waals surface area contributed by atoms with Gasteiger partial charge in [0.15, 0.2) is 5.13 Å². The van der Waals surface area contributed by atoms with Gasteiger partial charge in [-0.15, -0.1) is 11.3 Å². The van der Waals surface area contributed by atoms with E-state index in [1.54, 1.807) is 11.3 Å². The van der Waals surface area contributed by atoms with Crippen LogP contribution < -0.4 is 5.73 Å². The van der Waals surface area contributed by atoms with E-state index in [0.717, 1.165) is 13.1 Å². The Morgan fingerprint density at radius 1 is 1.53 bits per heavy atom. The Kier molecular flexibility index (Phi) is 2.19. The van der Waals surface area contributed by atoms with Gasteiger partial charge in [-0.1, -0.05) is 0 Å². The predicted molar refractivity (Wildman–Crippen MR) is 59.9 cm³/mol. The fourth-order valence-corrected chi connectivity index (χ4v) is 3.92. The number of nitrogens with zero attached hydrogens (tertiary/aromatic N) is 2. The summed E-state index contributed by atoms with van der Waals surface area (Å²) in [6.07, 6.45) is 2.42. The van der Waals surface area contributed by atoms with Crippen LogP contribution in [0.4, 0.5) is 5.13 Å². The van der Waals surface area contributed by atoms with Gasteiger partial charge in [0.05, 0.1) is 12.3 Å². The highest BCUT2D eigenvalue weighted by Gasteiger charge is 2.40. The quantitative estimate of drug-likeness (QED) is 0.786. The zero-order chi connectivity index (χ0) is 10.4. The van der Waals surface area contributed by atoms with Crippen LogP contribution in [0.5, 0.6) is 0 Å². The molecule has 0 radical (unpaired) electrons. The van der Waals surface area contributed by atoms with Crippen molar-refractivity contribution < 1.29 is 5.11 Å². The monoisotopic (exact) mass is 225 g/mol. The van der Waals surface area contributed by atoms with Crippen LogP contribution in [0.25, 0.3) is 0 Å². The van der Waals surface area contributed by atoms with E-state index in [2.05, 4.69) is 9.88 Å². The number of rotatable bonds is 2. The second kappa shape index (κ2) is 3.43. The molecular weight excluding hydrogens is 210 g/mol. The maximum Gasteiger partial charge on any atom is 0.180 e. The molecule has 3 aliphatic rings. The summed E-state index contributed by atoms with van der Waals surface area (Å²) in [6.45, 7) is 2.06. The number of aromatic nitrogens is 1. The molecule has 5 heteroatoms. The zero-order valence-corrected chi connectivity index (χ0v) is 9.33. The van der Waals surface area contributed by atoms with Gasteiger partial charge in [0, 0.05) is 29.9 Å². The largest absolute Gasteiger partial charge is 0.395 e. The van der Waals surface area contributed by atoms with Crippen LogP contribution in [-0.2, 0) is 0 Å². The number of fused-ring (bicyclic) bond motifs is 2. The molecule has 1 fully saturated rings. The lowest BCUT2D eigenvalue weighted by Crippen LogP contribution is -2.43. The highest BCUT2D eigenvalue weighted by molar-refractivity contribution is 7.15. The molecule has 2 aliphatic heterocycles. The maximum absolute atomic E-state index is 9.02. The number of nitrogen functional groups attached to an aromatic ring is 1. The fourth-order valence-electron chi connectivity index (χ4n) is 2.83. The van der Waals surface area contributed by atoms with Crippen LogP contribution in [0.3, 0.4) is 0 Å². The average molecular weight is 225 g/mol. The molecule has 15 heavy (non-hydrogen) atoms. The van der Waals surface area contributed by atoms with Crippen molar-refractivity contribution >= 4 is 16.5 Å². The van der Waals surface area contributed by atoms with Crippen LogP contribution in [-0.4, -0.2) is 34.7 Å². The van der Waals surface area contributed by atoms with E-state index in [1.165, 1.54) is 23.4 Å². The Hall–Kier alpha value is -0.650. The first-order valence-corrected chi connectivity index (χ1v) is 6.22. The Morgan fingerprint density at radius 2 is 2.40 bits per heavy atom. The van der Waals surface area contributed by atoms with Gasteiger partial charge in [0.2, 0.25) is 0 Å². The molecule has 1 saturated heterocycles. The summed E-state index contributed by atoms with van der Waals surface area (Å²) >= 11 is 1.63. The summed E-state index contributed by atoms with van der Waals surface area (Å²) in [5.74, 6) is 0.546. The van der Waals surface area contributed by atoms with Crippen LogP contribution in [0, 0.1) is 0 Å². The number of nitrogens with two attached hydrogens (primary N) is 1. The fraction of sp³-hybridized carbons (Fsp3) is 0.700. The Bertz CT molecular complexity index is 379. The summed E-state index contributed by atoms with van der Waals surface area (Å²) in [5, 5.41) is 9.72. The molecule has 0 aromatic carbocycles. The molecule has 0 spiro atoms. The number of piperidine rings is 1. The lowest BCUT2D eigenvalue weighted by Gasteiger charge is -2.43. The first-order chi connectivity index (χ1) is 7.29. The molecule has 2 atom stereocenters. The van der Waals surface area contributed by atoms with Crippen LogP contribution in [0.1, 0.15) is 35.4 Å². The molecule has 82 valence electrons. The summed E-state index contributed by atoms with van der Waals surface area (Å²) in [6, 6.07) is 0.465. The second-order valence-electron chi connectivity index (χ2n) is 4.31. The van der Waals surface area contributed by atoms with Gasteiger partial charge in [0.25, 0.3) is 0 Å². The normalized spacial score (nSPS) is 29.4. The van der Waals surface area contributed by atoms with Crippen molar-refractivity contribution in [3.8, 4) is 0 Å². The van der Waals surface area contributed by atoms with Crippen molar-refractivity contribution in [1.82, 2.24) is 9.88 Å². The molecule has 4 nitrogen and oxygen atoms in total. The highest BCUT2D eigenvalue weighted by Crippen LogP contribution is 2.48. The molecule has 0 amide bonds. The Labute approximate surface area is 92.7 Å². The van der Waals surface area contributed by atoms with E-state index in [-0.39, 0.29) is 6.61 Å². The van der Waals surface area contributed by atoms with Gasteiger partial charge >= 0.3 is 0 Å². The lowest BCUT2D eigenvalue weighted by molar-refractivity contribution is 0.0904. The molecule has 2 unspecified atom stereocenters. The number of aliphatic hydroxyl groups excluding tert-OH is 1. The van der Waals surface area contributed by atoms with Gasteiger partial charge in [-0.2, -0.15) is 0 Å². The third-order valence-corrected chi connectivity index (χ3v) is 4.46. The van der Waals surface area contributed by atoms with Crippen molar-refractivity contribution in [3.63, 3.8) is 0 Å². The minimum absolute atomic E-state index is 0.243. The maximum atomic E-state index is 9.02. The minimum atomic E-state index is 0.243. The van der Waals surface area contributed by atoms with Crippen LogP contribution >= 0.6 is 11.3 Å². The highest BCUT2D eigenvalue weighted by atomic mass is 32.1. The van der Waals surface area contributed by atoms with Crippen molar-refractivity contribution in [1.29, 1.82) is 0 Å². The SMILES string of the molecule is Nc1nc2c(s1)C1CCC2CN1CCO. The molecule has 4 rings (SSSR count). The average Bonchev–Trinajstić information content (AvgIpc) is 2.62. The standard InChI is InChI=1S/C10H15N3OS/c11-10-12-8-6-1-2-7(9(8)15-10)13(5-6)3-4-14/h6-7,14H,1-5H2,(H2,11,12). The first-order valence-electron chi connectivity index (χ1n) is 5.40. The number of anilines is 1. The third-order valence-electron chi connectivity index (χ3n) is 3.46. The van der Waals surface area contributed by atoms with Crippen LogP contribution in [0.2, 0.25) is 0 Å². The molecule has 1 aromatic heterocycles. The zero-order valence-electron chi connectivity index (χ0n) is 8.52. The summed E-state index contributed by atoms with van der Waals surface area (Å²) in [4.78, 5) is 8.16. The van der Waals surface area contributed by atoms with Gasteiger partial charge in [0.1, 0.15) is 0 Å². The number of aliphatic hydroxyl groups is 1. The molecule has 1 aliphatic carbocycles. The van der Waals surface area contributed by atoms with Gasteiger partial charge in [-0.25, -0.2) is 4.98 Å². The van der Waals surface area contributed by atoms with Gasteiger partial charge in [-0.3, -0.25) is 4.90 Å². The van der Waals surface area contributed by atoms with E-state index >= 15 is 0 Å². The van der Waals surface area contributed by atoms with E-state index < -0.39 is 0 Å². The van der Waals surface area contributed by atoms with Crippen LogP contribution in [0.15, 0.2) is 0 Å². The van der Waals surface area contributed by atoms with Crippen molar-refractivity contribution in [2.75, 3.05) is 25.4 Å². The molecular formula is C10H15N3OS. The van der Waals surface area contributed by atoms with E-state index in [1.807, 2.05) is 0 Å². The van der Waals surface area contributed by atoms with Gasteiger partial charge < -0.3 is 10.8 Å². The number of hydrogen-bond donors (Lipinski definition) is 2. The first kappa shape index (κ1) is 9.57. The molecule has 2 bridgehead atoms. The lowest BCUT2D eigenvalue weighted by atomic mass is 9.82. The molecule has 1 aromatic rings. The minimum Gasteiger partial charge on any atom is -0.395 e. The Balaban J connectivity index is 1.97. The van der Waals surface area contributed by atoms with E-state index in [4.69, 9.17) is 10.8 Å². The smallest absolute Gasteiger partial charge is 0.180 e. The summed E-state index contributed by atoms with van der Waals surface area (Å²) in [5.41, 5.74) is 7.01. The van der Waals surface area contributed by atoms with Gasteiger partial charge in [-0.05, 0) is 12.8 Å². The van der Waals surface area contributed by atoms with Crippen molar-refractivity contribution in [3.05, 3.63) is 10.6 Å². The third kappa shape index (κ3) is 1.38. The van der Waals surface area contributed by atoms with Crippen molar-refractivity contribution in [2.24, 2.45) is 0 Å². The van der Waals surface area contributed by atoms with E-state index in [0.29, 0.717) is 17.1 Å². The van der Waals surface area contributed by atoms with Crippen molar-refractivity contribution in [2.45, 2.75) is 24.8 Å². The Morgan fingerprint density at radius 3 is 3.20 bits per heavy atom. The van der Waals surface area contributed by atoms with E-state index in [9.17, 15) is 0 Å². The summed E-state index contributed by atoms with van der Waals surface area (Å²) < 4.78 is 0. The molecule has 3 N–H and O–H groups in total. The topological polar surface area (TPSA) is 62.4 Å². The predicted octanol–water partition coefficient (Wildman–Crippen LogP) is 0.952. The number of thiazole rings is 1. The molecule has 3 heterocycles. The second-order valence-corrected chi connectivity index (χ2v) is 5.37. The molecule has 0 saturated carbocycles.